The van der Waals surface area contributed by atoms with Gasteiger partial charge in [0.25, 0.3) is 0 Å². The molecular formula is C29H31N3. The average Bonchev–Trinajstić information content (AvgIpc) is 3.10. The fraction of sp³-hybridized carbons (Fsp3) is 0.207. The van der Waals surface area contributed by atoms with Crippen LogP contribution in [0.4, 0.5) is 5.69 Å². The molecule has 0 aliphatic heterocycles. The van der Waals surface area contributed by atoms with Crippen molar-refractivity contribution < 1.29 is 0 Å². The molecule has 0 aliphatic carbocycles. The monoisotopic (exact) mass is 421 g/mol. The van der Waals surface area contributed by atoms with Crippen molar-refractivity contribution in [3.8, 4) is 28.1 Å². The van der Waals surface area contributed by atoms with Gasteiger partial charge in [0.05, 0.1) is 17.1 Å². The summed E-state index contributed by atoms with van der Waals surface area (Å²) < 4.78 is 2.35. The summed E-state index contributed by atoms with van der Waals surface area (Å²) in [5.41, 5.74) is 16.7. The number of allylic oxidation sites excluding steroid dienone is 1. The van der Waals surface area contributed by atoms with E-state index in [1.54, 1.807) is 0 Å². The van der Waals surface area contributed by atoms with Gasteiger partial charge in [-0.05, 0) is 66.8 Å². The summed E-state index contributed by atoms with van der Waals surface area (Å²) >= 11 is 0. The zero-order valence-electron chi connectivity index (χ0n) is 19.2. The van der Waals surface area contributed by atoms with Gasteiger partial charge in [-0.2, -0.15) is 0 Å². The first-order chi connectivity index (χ1) is 15.7. The molecule has 0 fully saturated rings. The summed E-state index contributed by atoms with van der Waals surface area (Å²) in [5, 5.41) is 0. The molecule has 0 unspecified atom stereocenters. The van der Waals surface area contributed by atoms with Crippen LogP contribution in [0.2, 0.25) is 0 Å². The highest BCUT2D eigenvalue weighted by molar-refractivity contribution is 5.74. The second-order valence-electron chi connectivity index (χ2n) is 8.01. The SMILES string of the molecule is C/C=C\c1c(N)c(CC)c(CCC)n1-c1cccc(-c2ccnc(-c3ccccc3)c2)c1. The fourth-order valence-electron chi connectivity index (χ4n) is 4.42. The maximum Gasteiger partial charge on any atom is 0.0708 e. The predicted octanol–water partition coefficient (Wildman–Crippen LogP) is 7.34. The van der Waals surface area contributed by atoms with E-state index in [4.69, 9.17) is 5.73 Å². The van der Waals surface area contributed by atoms with E-state index in [2.05, 4.69) is 84.1 Å². The van der Waals surface area contributed by atoms with Crippen molar-refractivity contribution in [2.24, 2.45) is 0 Å². The lowest BCUT2D eigenvalue weighted by molar-refractivity contribution is 0.824. The van der Waals surface area contributed by atoms with Crippen molar-refractivity contribution in [3.05, 3.63) is 96.0 Å². The first-order valence-corrected chi connectivity index (χ1v) is 11.4. The number of benzene rings is 2. The number of nitrogen functional groups attached to an aromatic ring is 1. The minimum absolute atomic E-state index is 0.898. The summed E-state index contributed by atoms with van der Waals surface area (Å²) in [5.74, 6) is 0. The van der Waals surface area contributed by atoms with Crippen LogP contribution in [-0.4, -0.2) is 9.55 Å². The second kappa shape index (κ2) is 9.69. The molecule has 2 aromatic heterocycles. The number of anilines is 1. The maximum absolute atomic E-state index is 6.62. The zero-order valence-corrected chi connectivity index (χ0v) is 19.2. The third kappa shape index (κ3) is 4.11. The molecular weight excluding hydrogens is 390 g/mol. The Balaban J connectivity index is 1.85. The Morgan fingerprint density at radius 2 is 1.66 bits per heavy atom. The normalized spacial score (nSPS) is 11.3. The summed E-state index contributed by atoms with van der Waals surface area (Å²) in [6.07, 6.45) is 9.10. The molecule has 2 N–H and O–H groups in total. The summed E-state index contributed by atoms with van der Waals surface area (Å²) in [4.78, 5) is 4.59. The zero-order chi connectivity index (χ0) is 22.5. The molecule has 32 heavy (non-hydrogen) atoms. The van der Waals surface area contributed by atoms with E-state index in [1.807, 2.05) is 31.3 Å². The van der Waals surface area contributed by atoms with Crippen LogP contribution >= 0.6 is 0 Å². The molecule has 4 aromatic rings. The largest absolute Gasteiger partial charge is 0.397 e. The Kier molecular flexibility index (Phi) is 6.55. The van der Waals surface area contributed by atoms with Crippen LogP contribution in [-0.2, 0) is 12.8 Å². The van der Waals surface area contributed by atoms with E-state index in [-0.39, 0.29) is 0 Å². The molecule has 0 radical (unpaired) electrons. The van der Waals surface area contributed by atoms with Gasteiger partial charge in [-0.25, -0.2) is 0 Å². The number of aromatic nitrogens is 2. The van der Waals surface area contributed by atoms with E-state index >= 15 is 0 Å². The number of hydrogen-bond acceptors (Lipinski definition) is 2. The van der Waals surface area contributed by atoms with E-state index in [0.29, 0.717) is 0 Å². The number of nitrogens with zero attached hydrogens (tertiary/aromatic N) is 2. The molecule has 0 saturated carbocycles. The average molecular weight is 422 g/mol. The van der Waals surface area contributed by atoms with E-state index in [9.17, 15) is 0 Å². The first-order valence-electron chi connectivity index (χ1n) is 11.4. The van der Waals surface area contributed by atoms with Crippen LogP contribution < -0.4 is 5.73 Å². The van der Waals surface area contributed by atoms with Crippen molar-refractivity contribution in [2.45, 2.75) is 40.0 Å². The van der Waals surface area contributed by atoms with Gasteiger partial charge in [-0.3, -0.25) is 4.98 Å². The van der Waals surface area contributed by atoms with Gasteiger partial charge < -0.3 is 10.3 Å². The van der Waals surface area contributed by atoms with Crippen molar-refractivity contribution in [1.82, 2.24) is 9.55 Å². The molecule has 0 spiro atoms. The predicted molar refractivity (Wildman–Crippen MR) is 137 cm³/mol. The van der Waals surface area contributed by atoms with Crippen LogP contribution in [0.3, 0.4) is 0 Å². The van der Waals surface area contributed by atoms with Gasteiger partial charge in [0.2, 0.25) is 0 Å². The topological polar surface area (TPSA) is 43.8 Å². The highest BCUT2D eigenvalue weighted by Gasteiger charge is 2.19. The van der Waals surface area contributed by atoms with Gasteiger partial charge in [-0.15, -0.1) is 0 Å². The number of hydrogen-bond donors (Lipinski definition) is 1. The number of pyridine rings is 1. The van der Waals surface area contributed by atoms with E-state index in [1.165, 1.54) is 16.8 Å². The number of rotatable bonds is 7. The smallest absolute Gasteiger partial charge is 0.0708 e. The molecule has 0 aliphatic rings. The lowest BCUT2D eigenvalue weighted by atomic mass is 10.0. The lowest BCUT2D eigenvalue weighted by Crippen LogP contribution is -2.04. The molecule has 0 amide bonds. The Labute approximate surface area is 191 Å². The Morgan fingerprint density at radius 3 is 2.38 bits per heavy atom. The third-order valence-electron chi connectivity index (χ3n) is 5.89. The quantitative estimate of drug-likeness (QED) is 0.339. The van der Waals surface area contributed by atoms with Gasteiger partial charge in [0.15, 0.2) is 0 Å². The highest BCUT2D eigenvalue weighted by atomic mass is 15.0. The van der Waals surface area contributed by atoms with Crippen LogP contribution in [0.1, 0.15) is 44.1 Å². The van der Waals surface area contributed by atoms with Crippen molar-refractivity contribution >= 4 is 11.8 Å². The van der Waals surface area contributed by atoms with Gasteiger partial charge in [0.1, 0.15) is 0 Å². The van der Waals surface area contributed by atoms with E-state index < -0.39 is 0 Å². The second-order valence-corrected chi connectivity index (χ2v) is 8.01. The molecule has 0 atom stereocenters. The van der Waals surface area contributed by atoms with Crippen LogP contribution in [0.15, 0.2) is 79.0 Å². The molecule has 0 saturated heterocycles. The minimum Gasteiger partial charge on any atom is -0.397 e. The van der Waals surface area contributed by atoms with Gasteiger partial charge in [0, 0.05) is 23.1 Å². The Bertz CT molecular complexity index is 1230. The molecule has 2 heterocycles. The lowest BCUT2D eigenvalue weighted by Gasteiger charge is -2.14. The number of nitrogens with two attached hydrogens (primary N) is 1. The third-order valence-corrected chi connectivity index (χ3v) is 5.89. The van der Waals surface area contributed by atoms with Crippen molar-refractivity contribution in [1.29, 1.82) is 0 Å². The molecule has 162 valence electrons. The standard InChI is InChI=1S/C29H31N3/c1-4-11-27-25(6-3)29(30)28(12-5-2)32(27)24-16-10-15-22(19-24)23-17-18-31-26(20-23)21-13-8-7-9-14-21/h5,7-10,12-20H,4,6,11,30H2,1-3H3/b12-5-. The summed E-state index contributed by atoms with van der Waals surface area (Å²) in [7, 11) is 0. The first kappa shape index (κ1) is 21.6. The summed E-state index contributed by atoms with van der Waals surface area (Å²) in [6, 6.07) is 23.3. The van der Waals surface area contributed by atoms with Gasteiger partial charge >= 0.3 is 0 Å². The van der Waals surface area contributed by atoms with Crippen LogP contribution in [0.5, 0.6) is 0 Å². The molecule has 3 nitrogen and oxygen atoms in total. The highest BCUT2D eigenvalue weighted by Crippen LogP contribution is 2.33. The van der Waals surface area contributed by atoms with E-state index in [0.717, 1.165) is 53.2 Å². The molecule has 0 bridgehead atoms. The molecule has 4 rings (SSSR count). The maximum atomic E-state index is 6.62. The van der Waals surface area contributed by atoms with Crippen LogP contribution in [0.25, 0.3) is 34.1 Å². The Morgan fingerprint density at radius 1 is 0.906 bits per heavy atom. The Hall–Kier alpha value is -3.59. The van der Waals surface area contributed by atoms with Crippen molar-refractivity contribution in [3.63, 3.8) is 0 Å². The molecule has 3 heteroatoms. The van der Waals surface area contributed by atoms with Crippen molar-refractivity contribution in [2.75, 3.05) is 5.73 Å². The summed E-state index contributed by atoms with van der Waals surface area (Å²) in [6.45, 7) is 6.45. The molecule has 2 aromatic carbocycles. The van der Waals surface area contributed by atoms with Gasteiger partial charge in [-0.1, -0.05) is 68.8 Å². The fourth-order valence-corrected chi connectivity index (χ4v) is 4.42. The van der Waals surface area contributed by atoms with Crippen LogP contribution in [0, 0.1) is 0 Å². The minimum atomic E-state index is 0.898.